The SMILES string of the molecule is CC(CNC(=O)OC(C)(C)C)NC(C)Cc1ccco1. The third kappa shape index (κ3) is 7.19. The van der Waals surface area contributed by atoms with Gasteiger partial charge in [0.2, 0.25) is 0 Å². The molecule has 20 heavy (non-hydrogen) atoms. The molecule has 0 saturated heterocycles. The second-order valence-corrected chi connectivity index (χ2v) is 6.14. The van der Waals surface area contributed by atoms with Crippen molar-refractivity contribution in [1.82, 2.24) is 10.6 Å². The molecule has 1 rings (SSSR count). The zero-order valence-corrected chi connectivity index (χ0v) is 13.0. The first kappa shape index (κ1) is 16.6. The normalized spacial score (nSPS) is 14.7. The maximum absolute atomic E-state index is 11.5. The van der Waals surface area contributed by atoms with Gasteiger partial charge in [0.1, 0.15) is 11.4 Å². The Morgan fingerprint density at radius 1 is 1.35 bits per heavy atom. The number of nitrogens with one attached hydrogen (secondary N) is 2. The minimum atomic E-state index is -0.465. The molecule has 1 heterocycles. The quantitative estimate of drug-likeness (QED) is 0.842. The van der Waals surface area contributed by atoms with E-state index in [0.29, 0.717) is 6.54 Å². The van der Waals surface area contributed by atoms with E-state index in [1.165, 1.54) is 0 Å². The van der Waals surface area contributed by atoms with Gasteiger partial charge in [-0.1, -0.05) is 0 Å². The Hall–Kier alpha value is -1.49. The van der Waals surface area contributed by atoms with Crippen LogP contribution in [0.4, 0.5) is 4.79 Å². The zero-order chi connectivity index (χ0) is 15.2. The number of furan rings is 1. The Labute approximate surface area is 121 Å². The van der Waals surface area contributed by atoms with Crippen LogP contribution in [0.5, 0.6) is 0 Å². The molecule has 0 spiro atoms. The number of carbonyl (C=O) groups is 1. The first-order valence-electron chi connectivity index (χ1n) is 7.01. The summed E-state index contributed by atoms with van der Waals surface area (Å²) >= 11 is 0. The van der Waals surface area contributed by atoms with Crippen molar-refractivity contribution in [3.63, 3.8) is 0 Å². The van der Waals surface area contributed by atoms with Crippen molar-refractivity contribution in [2.24, 2.45) is 0 Å². The van der Waals surface area contributed by atoms with Crippen LogP contribution < -0.4 is 10.6 Å². The summed E-state index contributed by atoms with van der Waals surface area (Å²) in [7, 11) is 0. The van der Waals surface area contributed by atoms with Gasteiger partial charge in [-0.05, 0) is 46.8 Å². The molecular weight excluding hydrogens is 256 g/mol. The van der Waals surface area contributed by atoms with Crippen molar-refractivity contribution < 1.29 is 13.9 Å². The van der Waals surface area contributed by atoms with Crippen molar-refractivity contribution >= 4 is 6.09 Å². The summed E-state index contributed by atoms with van der Waals surface area (Å²) in [6, 6.07) is 4.28. The molecule has 0 aliphatic rings. The van der Waals surface area contributed by atoms with Gasteiger partial charge in [-0.2, -0.15) is 0 Å². The van der Waals surface area contributed by atoms with Gasteiger partial charge < -0.3 is 19.8 Å². The molecule has 0 bridgehead atoms. The summed E-state index contributed by atoms with van der Waals surface area (Å²) in [6.07, 6.45) is 2.11. The van der Waals surface area contributed by atoms with Gasteiger partial charge in [0.05, 0.1) is 6.26 Å². The number of ether oxygens (including phenoxy) is 1. The minimum absolute atomic E-state index is 0.160. The summed E-state index contributed by atoms with van der Waals surface area (Å²) in [5.41, 5.74) is -0.465. The molecule has 0 aliphatic heterocycles. The highest BCUT2D eigenvalue weighted by molar-refractivity contribution is 5.67. The highest BCUT2D eigenvalue weighted by atomic mass is 16.6. The predicted octanol–water partition coefficient (Wildman–Crippen LogP) is 2.71. The first-order chi connectivity index (χ1) is 9.26. The van der Waals surface area contributed by atoms with Crippen molar-refractivity contribution in [2.75, 3.05) is 6.54 Å². The molecule has 2 N–H and O–H groups in total. The van der Waals surface area contributed by atoms with Gasteiger partial charge >= 0.3 is 6.09 Å². The highest BCUT2D eigenvalue weighted by Crippen LogP contribution is 2.06. The monoisotopic (exact) mass is 282 g/mol. The van der Waals surface area contributed by atoms with Crippen LogP contribution in [0.2, 0.25) is 0 Å². The van der Waals surface area contributed by atoms with Crippen LogP contribution in [0, 0.1) is 0 Å². The Balaban J connectivity index is 2.22. The van der Waals surface area contributed by atoms with Gasteiger partial charge in [-0.3, -0.25) is 0 Å². The molecule has 1 aromatic rings. The van der Waals surface area contributed by atoms with Gasteiger partial charge in [-0.15, -0.1) is 0 Å². The van der Waals surface area contributed by atoms with Crippen LogP contribution in [0.25, 0.3) is 0 Å². The Bertz CT molecular complexity index is 396. The van der Waals surface area contributed by atoms with E-state index in [1.807, 2.05) is 39.8 Å². The second kappa shape index (κ2) is 7.33. The molecule has 0 fully saturated rings. The van der Waals surface area contributed by atoms with E-state index >= 15 is 0 Å². The van der Waals surface area contributed by atoms with Crippen LogP contribution in [0.1, 0.15) is 40.4 Å². The smallest absolute Gasteiger partial charge is 0.407 e. The molecule has 0 aromatic carbocycles. The molecule has 0 aliphatic carbocycles. The molecular formula is C15H26N2O3. The minimum Gasteiger partial charge on any atom is -0.469 e. The fourth-order valence-electron chi connectivity index (χ4n) is 1.88. The van der Waals surface area contributed by atoms with Crippen molar-refractivity contribution in [2.45, 2.75) is 58.7 Å². The van der Waals surface area contributed by atoms with E-state index in [-0.39, 0.29) is 18.2 Å². The van der Waals surface area contributed by atoms with Gasteiger partial charge in [0.15, 0.2) is 0 Å². The number of carbonyl (C=O) groups excluding carboxylic acids is 1. The lowest BCUT2D eigenvalue weighted by atomic mass is 10.1. The average Bonchev–Trinajstić information content (AvgIpc) is 2.76. The molecule has 0 saturated carbocycles. The maximum atomic E-state index is 11.5. The summed E-state index contributed by atoms with van der Waals surface area (Å²) in [5.74, 6) is 0.956. The fraction of sp³-hybridized carbons (Fsp3) is 0.667. The third-order valence-corrected chi connectivity index (χ3v) is 2.61. The maximum Gasteiger partial charge on any atom is 0.407 e. The molecule has 5 heteroatoms. The van der Waals surface area contributed by atoms with Crippen LogP contribution in [0.15, 0.2) is 22.8 Å². The molecule has 2 atom stereocenters. The number of alkyl carbamates (subject to hydrolysis) is 1. The van der Waals surface area contributed by atoms with Gasteiger partial charge in [0.25, 0.3) is 0 Å². The number of rotatable bonds is 6. The Morgan fingerprint density at radius 2 is 2.05 bits per heavy atom. The van der Waals surface area contributed by atoms with Gasteiger partial charge in [-0.25, -0.2) is 4.79 Å². The van der Waals surface area contributed by atoms with Crippen LogP contribution >= 0.6 is 0 Å². The summed E-state index contributed by atoms with van der Waals surface area (Å²) in [5, 5.41) is 6.16. The lowest BCUT2D eigenvalue weighted by Crippen LogP contribution is -2.44. The molecule has 2 unspecified atom stereocenters. The zero-order valence-electron chi connectivity index (χ0n) is 13.0. The Morgan fingerprint density at radius 3 is 2.60 bits per heavy atom. The van der Waals surface area contributed by atoms with Crippen molar-refractivity contribution in [3.8, 4) is 0 Å². The van der Waals surface area contributed by atoms with E-state index < -0.39 is 5.60 Å². The highest BCUT2D eigenvalue weighted by Gasteiger charge is 2.17. The largest absolute Gasteiger partial charge is 0.469 e. The topological polar surface area (TPSA) is 63.5 Å². The number of amides is 1. The molecule has 5 nitrogen and oxygen atoms in total. The van der Waals surface area contributed by atoms with Crippen molar-refractivity contribution in [1.29, 1.82) is 0 Å². The standard InChI is InChI=1S/C15H26N2O3/c1-11(9-13-7-6-8-19-13)17-12(2)10-16-14(18)20-15(3,4)5/h6-8,11-12,17H,9-10H2,1-5H3,(H,16,18). The lowest BCUT2D eigenvalue weighted by Gasteiger charge is -2.22. The lowest BCUT2D eigenvalue weighted by molar-refractivity contribution is 0.0522. The number of hydrogen-bond acceptors (Lipinski definition) is 4. The molecule has 0 radical (unpaired) electrons. The van der Waals surface area contributed by atoms with E-state index in [1.54, 1.807) is 6.26 Å². The molecule has 1 amide bonds. The number of hydrogen-bond donors (Lipinski definition) is 2. The summed E-state index contributed by atoms with van der Waals surface area (Å²) in [6.45, 7) is 10.2. The van der Waals surface area contributed by atoms with Crippen molar-refractivity contribution in [3.05, 3.63) is 24.2 Å². The third-order valence-electron chi connectivity index (χ3n) is 2.61. The van der Waals surface area contributed by atoms with Gasteiger partial charge in [0, 0.05) is 25.0 Å². The van der Waals surface area contributed by atoms with Crippen LogP contribution in [-0.4, -0.2) is 30.3 Å². The van der Waals surface area contributed by atoms with E-state index in [0.717, 1.165) is 12.2 Å². The summed E-state index contributed by atoms with van der Waals surface area (Å²) in [4.78, 5) is 11.5. The van der Waals surface area contributed by atoms with E-state index in [2.05, 4.69) is 17.6 Å². The van der Waals surface area contributed by atoms with E-state index in [4.69, 9.17) is 9.15 Å². The molecule has 1 aromatic heterocycles. The predicted molar refractivity (Wildman–Crippen MR) is 78.7 cm³/mol. The van der Waals surface area contributed by atoms with E-state index in [9.17, 15) is 4.79 Å². The first-order valence-corrected chi connectivity index (χ1v) is 7.01. The molecule has 114 valence electrons. The second-order valence-electron chi connectivity index (χ2n) is 6.14. The van der Waals surface area contributed by atoms with Crippen LogP contribution in [-0.2, 0) is 11.2 Å². The summed E-state index contributed by atoms with van der Waals surface area (Å²) < 4.78 is 10.5. The van der Waals surface area contributed by atoms with Crippen LogP contribution in [0.3, 0.4) is 0 Å². The Kier molecular flexibility index (Phi) is 6.07. The fourth-order valence-corrected chi connectivity index (χ4v) is 1.88. The average molecular weight is 282 g/mol.